The lowest BCUT2D eigenvalue weighted by Crippen LogP contribution is -2.02. The topological polar surface area (TPSA) is 42.4 Å². The minimum absolute atomic E-state index is 0.466. The van der Waals surface area contributed by atoms with Gasteiger partial charge in [-0.05, 0) is 36.2 Å². The van der Waals surface area contributed by atoms with E-state index in [1.807, 2.05) is 42.6 Å². The fourth-order valence-electron chi connectivity index (χ4n) is 1.70. The van der Waals surface area contributed by atoms with Crippen LogP contribution >= 0.6 is 0 Å². The molecule has 0 saturated heterocycles. The fourth-order valence-corrected chi connectivity index (χ4v) is 1.70. The first-order chi connectivity index (χ1) is 8.75. The third kappa shape index (κ3) is 3.57. The van der Waals surface area contributed by atoms with Gasteiger partial charge in [0.05, 0.1) is 12.7 Å². The summed E-state index contributed by atoms with van der Waals surface area (Å²) in [6, 6.07) is 11.5. The lowest BCUT2D eigenvalue weighted by Gasteiger charge is -2.09. The van der Waals surface area contributed by atoms with E-state index in [0.717, 1.165) is 23.3 Å². The predicted octanol–water partition coefficient (Wildman–Crippen LogP) is 2.76. The van der Waals surface area contributed by atoms with Gasteiger partial charge in [-0.25, -0.2) is 0 Å². The largest absolute Gasteiger partial charge is 0.493 e. The number of benzene rings is 1. The zero-order chi connectivity index (χ0) is 12.8. The van der Waals surface area contributed by atoms with Crippen molar-refractivity contribution in [2.45, 2.75) is 19.4 Å². The number of hydrogen-bond acceptors (Lipinski definition) is 3. The van der Waals surface area contributed by atoms with Crippen LogP contribution in [0.3, 0.4) is 0 Å². The molecule has 0 amide bonds. The lowest BCUT2D eigenvalue weighted by atomic mass is 10.1. The number of pyridine rings is 1. The van der Waals surface area contributed by atoms with Crippen molar-refractivity contribution in [1.29, 1.82) is 0 Å². The normalized spacial score (nSPS) is 12.1. The van der Waals surface area contributed by atoms with Gasteiger partial charge in [0.15, 0.2) is 0 Å². The van der Waals surface area contributed by atoms with E-state index in [2.05, 4.69) is 4.98 Å². The summed E-state index contributed by atoms with van der Waals surface area (Å²) in [6.45, 7) is 2.35. The summed E-state index contributed by atoms with van der Waals surface area (Å²) < 4.78 is 5.66. The predicted molar refractivity (Wildman–Crippen MR) is 70.5 cm³/mol. The third-order valence-corrected chi connectivity index (χ3v) is 2.72. The summed E-state index contributed by atoms with van der Waals surface area (Å²) in [4.78, 5) is 4.06. The number of aromatic nitrogens is 1. The highest BCUT2D eigenvalue weighted by atomic mass is 16.5. The maximum absolute atomic E-state index is 9.49. The first-order valence-electron chi connectivity index (χ1n) is 6.05. The van der Waals surface area contributed by atoms with Gasteiger partial charge in [-0.2, -0.15) is 0 Å². The Morgan fingerprint density at radius 3 is 2.89 bits per heavy atom. The Labute approximate surface area is 107 Å². The summed E-state index contributed by atoms with van der Waals surface area (Å²) in [5, 5.41) is 9.49. The first-order valence-corrected chi connectivity index (χ1v) is 6.05. The molecule has 94 valence electrons. The number of nitrogens with zero attached hydrogens (tertiary/aromatic N) is 1. The van der Waals surface area contributed by atoms with Crippen LogP contribution in [0.2, 0.25) is 0 Å². The molecule has 0 aliphatic rings. The van der Waals surface area contributed by atoms with Crippen molar-refractivity contribution in [3.8, 4) is 5.75 Å². The Balaban J connectivity index is 1.89. The molecule has 1 atom stereocenters. The molecule has 0 aliphatic carbocycles. The van der Waals surface area contributed by atoms with Crippen molar-refractivity contribution < 1.29 is 9.84 Å². The number of aliphatic hydroxyl groups is 1. The van der Waals surface area contributed by atoms with E-state index < -0.39 is 6.10 Å². The van der Waals surface area contributed by atoms with Crippen LogP contribution in [-0.2, 0) is 6.42 Å². The van der Waals surface area contributed by atoms with E-state index in [9.17, 15) is 5.11 Å². The number of rotatable bonds is 5. The van der Waals surface area contributed by atoms with E-state index in [1.54, 1.807) is 13.1 Å². The quantitative estimate of drug-likeness (QED) is 0.878. The van der Waals surface area contributed by atoms with E-state index in [-0.39, 0.29) is 0 Å². The van der Waals surface area contributed by atoms with E-state index in [4.69, 9.17) is 4.74 Å². The molecule has 1 N–H and O–H groups in total. The number of ether oxygens (including phenoxy) is 1. The highest BCUT2D eigenvalue weighted by Crippen LogP contribution is 2.18. The molecule has 1 heterocycles. The second kappa shape index (κ2) is 6.17. The zero-order valence-corrected chi connectivity index (χ0v) is 10.4. The average molecular weight is 243 g/mol. The second-order valence-corrected chi connectivity index (χ2v) is 4.21. The smallest absolute Gasteiger partial charge is 0.119 e. The van der Waals surface area contributed by atoms with Crippen LogP contribution in [-0.4, -0.2) is 16.7 Å². The monoisotopic (exact) mass is 243 g/mol. The molecule has 3 heteroatoms. The van der Waals surface area contributed by atoms with Crippen LogP contribution in [0, 0.1) is 0 Å². The molecule has 0 aliphatic heterocycles. The Bertz CT molecular complexity index is 483. The molecule has 2 aromatic rings. The van der Waals surface area contributed by atoms with Gasteiger partial charge in [0, 0.05) is 18.8 Å². The highest BCUT2D eigenvalue weighted by Gasteiger charge is 2.02. The number of hydrogen-bond donors (Lipinski definition) is 1. The minimum atomic E-state index is -0.466. The average Bonchev–Trinajstić information content (AvgIpc) is 2.40. The maximum Gasteiger partial charge on any atom is 0.119 e. The van der Waals surface area contributed by atoms with Gasteiger partial charge in [0.25, 0.3) is 0 Å². The van der Waals surface area contributed by atoms with Crippen LogP contribution < -0.4 is 4.74 Å². The molecule has 0 spiro atoms. The Morgan fingerprint density at radius 2 is 2.17 bits per heavy atom. The molecule has 0 fully saturated rings. The third-order valence-electron chi connectivity index (χ3n) is 2.72. The Morgan fingerprint density at radius 1 is 1.28 bits per heavy atom. The van der Waals surface area contributed by atoms with Gasteiger partial charge < -0.3 is 9.84 Å². The first kappa shape index (κ1) is 12.6. The van der Waals surface area contributed by atoms with E-state index in [0.29, 0.717) is 6.61 Å². The van der Waals surface area contributed by atoms with Crippen molar-refractivity contribution in [2.75, 3.05) is 6.61 Å². The van der Waals surface area contributed by atoms with Gasteiger partial charge in [-0.3, -0.25) is 4.98 Å². The fraction of sp³-hybridized carbons (Fsp3) is 0.267. The molecule has 0 bridgehead atoms. The highest BCUT2D eigenvalue weighted by molar-refractivity contribution is 5.29. The summed E-state index contributed by atoms with van der Waals surface area (Å²) in [5.74, 6) is 0.789. The van der Waals surface area contributed by atoms with Gasteiger partial charge >= 0.3 is 0 Å². The zero-order valence-electron chi connectivity index (χ0n) is 10.4. The van der Waals surface area contributed by atoms with Crippen molar-refractivity contribution in [3.05, 3.63) is 59.9 Å². The summed E-state index contributed by atoms with van der Waals surface area (Å²) in [7, 11) is 0. The summed E-state index contributed by atoms with van der Waals surface area (Å²) in [5.41, 5.74) is 2.03. The van der Waals surface area contributed by atoms with Gasteiger partial charge in [-0.15, -0.1) is 0 Å². The lowest BCUT2D eigenvalue weighted by molar-refractivity contribution is 0.198. The standard InChI is InChI=1S/C15H17NO2/c1-12(17)14-5-2-6-15(10-14)18-9-7-13-4-3-8-16-11-13/h2-6,8,10-12,17H,7,9H2,1H3/t12-/m1/s1. The minimum Gasteiger partial charge on any atom is -0.493 e. The van der Waals surface area contributed by atoms with E-state index in [1.165, 1.54) is 0 Å². The molecule has 0 unspecified atom stereocenters. The van der Waals surface area contributed by atoms with Gasteiger partial charge in [-0.1, -0.05) is 18.2 Å². The SMILES string of the molecule is C[C@@H](O)c1cccc(OCCc2cccnc2)c1. The van der Waals surface area contributed by atoms with Crippen LogP contribution in [0.4, 0.5) is 0 Å². The van der Waals surface area contributed by atoms with Crippen molar-refractivity contribution in [2.24, 2.45) is 0 Å². The molecule has 0 saturated carbocycles. The van der Waals surface area contributed by atoms with Gasteiger partial charge in [0.2, 0.25) is 0 Å². The van der Waals surface area contributed by atoms with Crippen molar-refractivity contribution in [3.63, 3.8) is 0 Å². The molecular weight excluding hydrogens is 226 g/mol. The summed E-state index contributed by atoms with van der Waals surface area (Å²) >= 11 is 0. The van der Waals surface area contributed by atoms with Gasteiger partial charge in [0.1, 0.15) is 5.75 Å². The molecule has 18 heavy (non-hydrogen) atoms. The van der Waals surface area contributed by atoms with Crippen molar-refractivity contribution >= 4 is 0 Å². The Kier molecular flexibility index (Phi) is 4.31. The van der Waals surface area contributed by atoms with E-state index >= 15 is 0 Å². The molecule has 0 radical (unpaired) electrons. The maximum atomic E-state index is 9.49. The van der Waals surface area contributed by atoms with Crippen LogP contribution in [0.5, 0.6) is 5.75 Å². The molecule has 2 rings (SSSR count). The molecule has 1 aromatic carbocycles. The van der Waals surface area contributed by atoms with Crippen LogP contribution in [0.1, 0.15) is 24.2 Å². The summed E-state index contributed by atoms with van der Waals surface area (Å²) in [6.07, 6.45) is 3.96. The van der Waals surface area contributed by atoms with Crippen LogP contribution in [0.15, 0.2) is 48.8 Å². The van der Waals surface area contributed by atoms with Crippen LogP contribution in [0.25, 0.3) is 0 Å². The van der Waals surface area contributed by atoms with Crippen molar-refractivity contribution in [1.82, 2.24) is 4.98 Å². The number of aliphatic hydroxyl groups excluding tert-OH is 1. The molecule has 3 nitrogen and oxygen atoms in total. The molecule has 1 aromatic heterocycles. The Hall–Kier alpha value is -1.87. The second-order valence-electron chi connectivity index (χ2n) is 4.21. The molecular formula is C15H17NO2.